The van der Waals surface area contributed by atoms with Gasteiger partial charge in [-0.25, -0.2) is 0 Å². The number of Topliss-reactive ketones (excluding diaryl/α,β-unsaturated/α-hetero) is 1. The molecule has 1 aliphatic heterocycles. The van der Waals surface area contributed by atoms with Gasteiger partial charge in [0.25, 0.3) is 5.91 Å². The topological polar surface area (TPSA) is 65.2 Å². The SMILES string of the molecule is CC(=O)c1c[nH]c(C(=O)NCC(C)(C)N2CC(C)CC(C)C2)c1. The van der Waals surface area contributed by atoms with E-state index in [0.717, 1.165) is 13.1 Å². The molecule has 1 aromatic heterocycles. The molecule has 0 saturated carbocycles. The second-order valence-electron chi connectivity index (χ2n) is 7.70. The molecule has 1 amide bonds. The third-order valence-corrected chi connectivity index (χ3v) is 4.74. The van der Waals surface area contributed by atoms with Crippen LogP contribution in [-0.4, -0.2) is 46.7 Å². The lowest BCUT2D eigenvalue weighted by atomic mass is 9.88. The minimum absolute atomic E-state index is 0.0445. The zero-order chi connectivity index (χ0) is 17.2. The standard InChI is InChI=1S/C18H29N3O2/c1-12-6-13(2)10-21(9-12)18(4,5)11-20-17(23)16-7-15(8-19-16)14(3)22/h7-8,12-13,19H,6,9-11H2,1-5H3,(H,20,23). The molecule has 0 spiro atoms. The predicted molar refractivity (Wildman–Crippen MR) is 91.7 cm³/mol. The van der Waals surface area contributed by atoms with E-state index in [2.05, 4.69) is 42.9 Å². The van der Waals surface area contributed by atoms with Gasteiger partial charge in [0.05, 0.1) is 0 Å². The maximum absolute atomic E-state index is 12.3. The van der Waals surface area contributed by atoms with Crippen LogP contribution in [0.1, 0.15) is 61.9 Å². The Kier molecular flexibility index (Phi) is 5.30. The molecule has 1 aromatic rings. The van der Waals surface area contributed by atoms with Crippen LogP contribution in [-0.2, 0) is 0 Å². The van der Waals surface area contributed by atoms with Gasteiger partial charge in [-0.1, -0.05) is 13.8 Å². The molecule has 2 atom stereocenters. The van der Waals surface area contributed by atoms with Crippen molar-refractivity contribution in [3.63, 3.8) is 0 Å². The third kappa shape index (κ3) is 4.44. The summed E-state index contributed by atoms with van der Waals surface area (Å²) in [7, 11) is 0. The van der Waals surface area contributed by atoms with E-state index in [1.165, 1.54) is 13.3 Å². The Bertz CT molecular complexity index is 567. The first-order chi connectivity index (χ1) is 10.7. The van der Waals surface area contributed by atoms with E-state index in [-0.39, 0.29) is 17.2 Å². The molecular formula is C18H29N3O2. The van der Waals surface area contributed by atoms with Gasteiger partial charge in [0.15, 0.2) is 5.78 Å². The number of amides is 1. The number of aromatic nitrogens is 1. The van der Waals surface area contributed by atoms with E-state index in [4.69, 9.17) is 0 Å². The molecule has 5 nitrogen and oxygen atoms in total. The summed E-state index contributed by atoms with van der Waals surface area (Å²) < 4.78 is 0. The van der Waals surface area contributed by atoms with Gasteiger partial charge in [-0.3, -0.25) is 14.5 Å². The quantitative estimate of drug-likeness (QED) is 0.820. The van der Waals surface area contributed by atoms with E-state index in [1.54, 1.807) is 12.3 Å². The van der Waals surface area contributed by atoms with Crippen LogP contribution in [0.25, 0.3) is 0 Å². The Morgan fingerprint density at radius 1 is 1.30 bits per heavy atom. The normalized spacial score (nSPS) is 22.8. The van der Waals surface area contributed by atoms with Crippen LogP contribution in [0.4, 0.5) is 0 Å². The number of rotatable bonds is 5. The van der Waals surface area contributed by atoms with E-state index < -0.39 is 0 Å². The van der Waals surface area contributed by atoms with Gasteiger partial charge in [-0.05, 0) is 45.1 Å². The molecule has 23 heavy (non-hydrogen) atoms. The fourth-order valence-corrected chi connectivity index (χ4v) is 3.39. The molecule has 0 radical (unpaired) electrons. The molecule has 0 aromatic carbocycles. The van der Waals surface area contributed by atoms with Crippen molar-refractivity contribution in [2.75, 3.05) is 19.6 Å². The van der Waals surface area contributed by atoms with Crippen LogP contribution in [0.5, 0.6) is 0 Å². The highest BCUT2D eigenvalue weighted by molar-refractivity contribution is 5.99. The molecule has 5 heteroatoms. The largest absolute Gasteiger partial charge is 0.356 e. The maximum atomic E-state index is 12.3. The lowest BCUT2D eigenvalue weighted by Crippen LogP contribution is -2.56. The fourth-order valence-electron chi connectivity index (χ4n) is 3.39. The monoisotopic (exact) mass is 319 g/mol. The van der Waals surface area contributed by atoms with E-state index in [1.807, 2.05) is 0 Å². The summed E-state index contributed by atoms with van der Waals surface area (Å²) in [4.78, 5) is 28.9. The van der Waals surface area contributed by atoms with Crippen molar-refractivity contribution in [2.24, 2.45) is 11.8 Å². The molecule has 2 unspecified atom stereocenters. The molecular weight excluding hydrogens is 290 g/mol. The van der Waals surface area contributed by atoms with Crippen LogP contribution >= 0.6 is 0 Å². The molecule has 2 N–H and O–H groups in total. The fraction of sp³-hybridized carbons (Fsp3) is 0.667. The van der Waals surface area contributed by atoms with Crippen molar-refractivity contribution in [3.8, 4) is 0 Å². The minimum atomic E-state index is -0.163. The van der Waals surface area contributed by atoms with Gasteiger partial charge < -0.3 is 10.3 Å². The number of carbonyl (C=O) groups excluding carboxylic acids is 2. The molecule has 1 saturated heterocycles. The van der Waals surface area contributed by atoms with Crippen molar-refractivity contribution in [1.82, 2.24) is 15.2 Å². The summed E-state index contributed by atoms with van der Waals surface area (Å²) in [5.74, 6) is 1.17. The van der Waals surface area contributed by atoms with Gasteiger partial charge >= 0.3 is 0 Å². The number of H-pyrrole nitrogens is 1. The summed E-state index contributed by atoms with van der Waals surface area (Å²) in [6, 6.07) is 1.61. The Labute approximate surface area is 138 Å². The van der Waals surface area contributed by atoms with Crippen LogP contribution in [0.3, 0.4) is 0 Å². The molecule has 2 heterocycles. The van der Waals surface area contributed by atoms with Crippen LogP contribution in [0, 0.1) is 11.8 Å². The highest BCUT2D eigenvalue weighted by atomic mass is 16.2. The van der Waals surface area contributed by atoms with Crippen molar-refractivity contribution in [3.05, 3.63) is 23.5 Å². The number of hydrogen-bond acceptors (Lipinski definition) is 3. The number of carbonyl (C=O) groups is 2. The third-order valence-electron chi connectivity index (χ3n) is 4.74. The lowest BCUT2D eigenvalue weighted by molar-refractivity contribution is 0.0444. The number of likely N-dealkylation sites (tertiary alicyclic amines) is 1. The number of hydrogen-bond donors (Lipinski definition) is 2. The molecule has 2 rings (SSSR count). The van der Waals surface area contributed by atoms with Gasteiger partial charge in [-0.2, -0.15) is 0 Å². The van der Waals surface area contributed by atoms with Crippen LogP contribution in [0.15, 0.2) is 12.3 Å². The van der Waals surface area contributed by atoms with Crippen LogP contribution in [0.2, 0.25) is 0 Å². The van der Waals surface area contributed by atoms with Gasteiger partial charge in [0.1, 0.15) is 5.69 Å². The van der Waals surface area contributed by atoms with E-state index >= 15 is 0 Å². The highest BCUT2D eigenvalue weighted by Gasteiger charge is 2.33. The molecule has 0 bridgehead atoms. The maximum Gasteiger partial charge on any atom is 0.267 e. The summed E-state index contributed by atoms with van der Waals surface area (Å²) in [5, 5.41) is 3.00. The smallest absolute Gasteiger partial charge is 0.267 e. The number of nitrogens with one attached hydrogen (secondary N) is 2. The second kappa shape index (κ2) is 6.87. The Hall–Kier alpha value is -1.62. The van der Waals surface area contributed by atoms with Crippen molar-refractivity contribution >= 4 is 11.7 Å². The number of aromatic amines is 1. The van der Waals surface area contributed by atoms with Crippen LogP contribution < -0.4 is 5.32 Å². The zero-order valence-corrected chi connectivity index (χ0v) is 14.9. The van der Waals surface area contributed by atoms with Crippen molar-refractivity contribution in [2.45, 2.75) is 46.6 Å². The minimum Gasteiger partial charge on any atom is -0.356 e. The van der Waals surface area contributed by atoms with Gasteiger partial charge in [0.2, 0.25) is 0 Å². The average Bonchev–Trinajstić information content (AvgIpc) is 2.94. The molecule has 1 fully saturated rings. The highest BCUT2D eigenvalue weighted by Crippen LogP contribution is 2.26. The summed E-state index contributed by atoms with van der Waals surface area (Å²) in [5.41, 5.74) is 0.883. The molecule has 128 valence electrons. The predicted octanol–water partition coefficient (Wildman–Crippen LogP) is 2.70. The van der Waals surface area contributed by atoms with Crippen molar-refractivity contribution < 1.29 is 9.59 Å². The summed E-state index contributed by atoms with van der Waals surface area (Å²) in [6.45, 7) is 13.2. The Morgan fingerprint density at radius 2 is 1.91 bits per heavy atom. The van der Waals surface area contributed by atoms with E-state index in [0.29, 0.717) is 29.6 Å². The molecule has 0 aliphatic carbocycles. The second-order valence-corrected chi connectivity index (χ2v) is 7.70. The van der Waals surface area contributed by atoms with Gasteiger partial charge in [-0.15, -0.1) is 0 Å². The Balaban J connectivity index is 1.95. The lowest BCUT2D eigenvalue weighted by Gasteiger charge is -2.45. The van der Waals surface area contributed by atoms with E-state index in [9.17, 15) is 9.59 Å². The number of ketones is 1. The van der Waals surface area contributed by atoms with Gasteiger partial charge in [0, 0.05) is 36.9 Å². The summed E-state index contributed by atoms with van der Waals surface area (Å²) >= 11 is 0. The average molecular weight is 319 g/mol. The summed E-state index contributed by atoms with van der Waals surface area (Å²) in [6.07, 6.45) is 2.85. The first kappa shape index (κ1) is 17.7. The number of nitrogens with zero attached hydrogens (tertiary/aromatic N) is 1. The van der Waals surface area contributed by atoms with Crippen molar-refractivity contribution in [1.29, 1.82) is 0 Å². The zero-order valence-electron chi connectivity index (χ0n) is 14.9. The first-order valence-electron chi connectivity index (χ1n) is 8.41. The Morgan fingerprint density at radius 3 is 2.43 bits per heavy atom. The number of piperidine rings is 1. The first-order valence-corrected chi connectivity index (χ1v) is 8.41. The molecule has 1 aliphatic rings.